The van der Waals surface area contributed by atoms with Crippen LogP contribution in [0.25, 0.3) is 6.08 Å². The molecule has 4 nitrogen and oxygen atoms in total. The lowest BCUT2D eigenvalue weighted by Gasteiger charge is -2.16. The first-order valence-corrected chi connectivity index (χ1v) is 9.87. The number of rotatable bonds is 6. The average molecular weight is 447 g/mol. The van der Waals surface area contributed by atoms with Crippen LogP contribution in [0.4, 0.5) is 5.69 Å². The number of thiocarbonyl (C=S) groups is 1. The predicted octanol–water partition coefficient (Wildman–Crippen LogP) is 5.50. The van der Waals surface area contributed by atoms with Gasteiger partial charge in [-0.15, -0.1) is 0 Å². The summed E-state index contributed by atoms with van der Waals surface area (Å²) in [4.78, 5) is 12.2. The molecule has 27 heavy (non-hydrogen) atoms. The second-order valence-electron chi connectivity index (χ2n) is 6.06. The third-order valence-corrected chi connectivity index (χ3v) is 4.89. The van der Waals surface area contributed by atoms with Gasteiger partial charge >= 0.3 is 0 Å². The molecule has 6 heteroatoms. The van der Waals surface area contributed by atoms with E-state index in [2.05, 4.69) is 46.5 Å². The van der Waals surface area contributed by atoms with E-state index in [0.29, 0.717) is 11.7 Å². The van der Waals surface area contributed by atoms with Crippen LogP contribution in [0.15, 0.2) is 53.0 Å². The van der Waals surface area contributed by atoms with Gasteiger partial charge in [-0.1, -0.05) is 48.0 Å². The smallest absolute Gasteiger partial charge is 0.250 e. The standard InChI is InChI=1S/C21H23BrN2O2S/c1-4-14(2)17-7-5-6-8-18(17)23-21(27)24-20(25)12-9-15-13-16(22)10-11-19(15)26-3/h5-14H,4H2,1-3H3,(H2,23,24,25,27)/b12-9+/t14-/m1/s1. The molecule has 0 aromatic heterocycles. The van der Waals surface area contributed by atoms with Crippen molar-refractivity contribution < 1.29 is 9.53 Å². The van der Waals surface area contributed by atoms with Crippen molar-refractivity contribution in [1.82, 2.24) is 5.32 Å². The Labute approximate surface area is 174 Å². The molecule has 2 aromatic carbocycles. The number of benzene rings is 2. The van der Waals surface area contributed by atoms with Gasteiger partial charge in [0.15, 0.2) is 5.11 Å². The minimum Gasteiger partial charge on any atom is -0.496 e. The Hall–Kier alpha value is -2.18. The molecule has 2 N–H and O–H groups in total. The number of para-hydroxylation sites is 1. The molecule has 1 atom stereocenters. The van der Waals surface area contributed by atoms with Crippen LogP contribution < -0.4 is 15.4 Å². The minimum atomic E-state index is -0.310. The summed E-state index contributed by atoms with van der Waals surface area (Å²) < 4.78 is 6.20. The number of nitrogens with one attached hydrogen (secondary N) is 2. The quantitative estimate of drug-likeness (QED) is 0.454. The van der Waals surface area contributed by atoms with Gasteiger partial charge in [0.2, 0.25) is 5.91 Å². The number of carbonyl (C=O) groups is 1. The van der Waals surface area contributed by atoms with Crippen LogP contribution in [0, 0.1) is 0 Å². The Bertz CT molecular complexity index is 852. The number of ether oxygens (including phenoxy) is 1. The molecular formula is C21H23BrN2O2S. The summed E-state index contributed by atoms with van der Waals surface area (Å²) in [6.45, 7) is 4.30. The highest BCUT2D eigenvalue weighted by molar-refractivity contribution is 9.10. The number of methoxy groups -OCH3 is 1. The maximum atomic E-state index is 12.2. The molecule has 0 saturated heterocycles. The zero-order valence-corrected chi connectivity index (χ0v) is 18.0. The molecule has 0 aliphatic heterocycles. The number of hydrogen-bond donors (Lipinski definition) is 2. The van der Waals surface area contributed by atoms with Crippen molar-refractivity contribution in [3.63, 3.8) is 0 Å². The van der Waals surface area contributed by atoms with E-state index in [0.717, 1.165) is 22.1 Å². The molecule has 1 amide bonds. The molecule has 0 spiro atoms. The van der Waals surface area contributed by atoms with E-state index < -0.39 is 0 Å². The Kier molecular flexibility index (Phi) is 8.00. The molecule has 0 bridgehead atoms. The van der Waals surface area contributed by atoms with Gasteiger partial charge in [-0.05, 0) is 60.5 Å². The van der Waals surface area contributed by atoms with Crippen LogP contribution in [0.5, 0.6) is 5.75 Å². The van der Waals surface area contributed by atoms with Gasteiger partial charge in [0.05, 0.1) is 7.11 Å². The Balaban J connectivity index is 2.03. The average Bonchev–Trinajstić information content (AvgIpc) is 2.66. The van der Waals surface area contributed by atoms with Crippen molar-refractivity contribution in [2.45, 2.75) is 26.2 Å². The van der Waals surface area contributed by atoms with Crippen molar-refractivity contribution in [3.8, 4) is 5.75 Å². The lowest BCUT2D eigenvalue weighted by Crippen LogP contribution is -2.33. The lowest BCUT2D eigenvalue weighted by atomic mass is 9.97. The zero-order chi connectivity index (χ0) is 19.8. The summed E-state index contributed by atoms with van der Waals surface area (Å²) in [5.41, 5.74) is 2.88. The summed E-state index contributed by atoms with van der Waals surface area (Å²) in [5.74, 6) is 0.775. The number of carbonyl (C=O) groups excluding carboxylic acids is 1. The molecule has 2 aromatic rings. The van der Waals surface area contributed by atoms with Crippen molar-refractivity contribution in [3.05, 3.63) is 64.1 Å². The van der Waals surface area contributed by atoms with Crippen LogP contribution in [0.1, 0.15) is 37.3 Å². The fraction of sp³-hybridized carbons (Fsp3) is 0.238. The zero-order valence-electron chi connectivity index (χ0n) is 15.6. The largest absolute Gasteiger partial charge is 0.496 e. The van der Waals surface area contributed by atoms with Crippen LogP contribution in [-0.2, 0) is 4.79 Å². The molecule has 0 aliphatic carbocycles. The second kappa shape index (κ2) is 10.2. The summed E-state index contributed by atoms with van der Waals surface area (Å²) in [6.07, 6.45) is 4.14. The van der Waals surface area contributed by atoms with Gasteiger partial charge in [0, 0.05) is 21.8 Å². The first kappa shape index (κ1) is 21.1. The molecular weight excluding hydrogens is 424 g/mol. The predicted molar refractivity (Wildman–Crippen MR) is 119 cm³/mol. The molecule has 2 rings (SSSR count). The topological polar surface area (TPSA) is 50.4 Å². The highest BCUT2D eigenvalue weighted by Gasteiger charge is 2.10. The SMILES string of the molecule is CC[C@@H](C)c1ccccc1NC(=S)NC(=O)/C=C/c1cc(Br)ccc1OC. The van der Waals surface area contributed by atoms with Gasteiger partial charge in [-0.2, -0.15) is 0 Å². The fourth-order valence-corrected chi connectivity index (χ4v) is 3.16. The summed E-state index contributed by atoms with van der Waals surface area (Å²) in [6, 6.07) is 13.6. The number of halogens is 1. The number of amides is 1. The van der Waals surface area contributed by atoms with E-state index in [1.165, 1.54) is 11.6 Å². The summed E-state index contributed by atoms with van der Waals surface area (Å²) in [7, 11) is 1.59. The minimum absolute atomic E-state index is 0.265. The van der Waals surface area contributed by atoms with E-state index in [-0.39, 0.29) is 11.0 Å². The van der Waals surface area contributed by atoms with Crippen LogP contribution >= 0.6 is 28.1 Å². The Morgan fingerprint density at radius 1 is 1.30 bits per heavy atom. The fourth-order valence-electron chi connectivity index (χ4n) is 2.57. The molecule has 0 saturated carbocycles. The van der Waals surface area contributed by atoms with Gasteiger partial charge in [0.1, 0.15) is 5.75 Å². The monoisotopic (exact) mass is 446 g/mol. The van der Waals surface area contributed by atoms with Gasteiger partial charge < -0.3 is 10.1 Å². The Morgan fingerprint density at radius 2 is 2.04 bits per heavy atom. The van der Waals surface area contributed by atoms with Gasteiger partial charge in [0.25, 0.3) is 0 Å². The van der Waals surface area contributed by atoms with E-state index in [1.54, 1.807) is 13.2 Å². The van der Waals surface area contributed by atoms with Crippen molar-refractivity contribution >= 4 is 50.9 Å². The third-order valence-electron chi connectivity index (χ3n) is 4.20. The molecule has 0 aliphatic rings. The first-order valence-electron chi connectivity index (χ1n) is 8.67. The van der Waals surface area contributed by atoms with Crippen LogP contribution in [0.3, 0.4) is 0 Å². The van der Waals surface area contributed by atoms with Crippen LogP contribution in [-0.4, -0.2) is 18.1 Å². The normalized spacial score (nSPS) is 11.9. The molecule has 0 radical (unpaired) electrons. The van der Waals surface area contributed by atoms with Gasteiger partial charge in [-0.3, -0.25) is 10.1 Å². The highest BCUT2D eigenvalue weighted by Crippen LogP contribution is 2.26. The molecule has 0 heterocycles. The molecule has 0 fully saturated rings. The summed E-state index contributed by atoms with van der Waals surface area (Å²) >= 11 is 8.70. The highest BCUT2D eigenvalue weighted by atomic mass is 79.9. The second-order valence-corrected chi connectivity index (χ2v) is 7.38. The van der Waals surface area contributed by atoms with E-state index >= 15 is 0 Å². The maximum absolute atomic E-state index is 12.2. The first-order chi connectivity index (χ1) is 12.9. The lowest BCUT2D eigenvalue weighted by molar-refractivity contribution is -0.115. The Morgan fingerprint density at radius 3 is 2.74 bits per heavy atom. The van der Waals surface area contributed by atoms with E-state index in [1.807, 2.05) is 36.4 Å². The van der Waals surface area contributed by atoms with Crippen molar-refractivity contribution in [2.75, 3.05) is 12.4 Å². The number of hydrogen-bond acceptors (Lipinski definition) is 3. The van der Waals surface area contributed by atoms with Crippen molar-refractivity contribution in [2.24, 2.45) is 0 Å². The third kappa shape index (κ3) is 6.19. The van der Waals surface area contributed by atoms with E-state index in [9.17, 15) is 4.79 Å². The molecule has 142 valence electrons. The maximum Gasteiger partial charge on any atom is 0.250 e. The van der Waals surface area contributed by atoms with E-state index in [4.69, 9.17) is 17.0 Å². The number of anilines is 1. The van der Waals surface area contributed by atoms with Crippen molar-refractivity contribution in [1.29, 1.82) is 0 Å². The molecule has 0 unspecified atom stereocenters. The van der Waals surface area contributed by atoms with Gasteiger partial charge in [-0.25, -0.2) is 0 Å². The summed E-state index contributed by atoms with van der Waals surface area (Å²) in [5, 5.41) is 6.06. The van der Waals surface area contributed by atoms with Crippen LogP contribution in [0.2, 0.25) is 0 Å².